The lowest BCUT2D eigenvalue weighted by Gasteiger charge is -2.03. The van der Waals surface area contributed by atoms with Crippen molar-refractivity contribution in [3.8, 4) is 0 Å². The summed E-state index contributed by atoms with van der Waals surface area (Å²) in [5.74, 6) is 0.0250. The third kappa shape index (κ3) is 10.1. The van der Waals surface area contributed by atoms with Crippen molar-refractivity contribution < 1.29 is 9.59 Å². The molecular formula is C29H39NO2. The maximum atomic E-state index is 12.7. The SMILES string of the molecule is CCCCCCCCCCCCCC(=O)c1cccccc(C(=O)c2ccccc2)[nH]c1. The summed E-state index contributed by atoms with van der Waals surface area (Å²) in [6.07, 6.45) is 16.2. The van der Waals surface area contributed by atoms with Crippen molar-refractivity contribution in [1.29, 1.82) is 0 Å². The average molecular weight is 434 g/mol. The first-order valence-electron chi connectivity index (χ1n) is 12.4. The number of nitrogens with one attached hydrogen (secondary N) is 1. The number of rotatable bonds is 15. The van der Waals surface area contributed by atoms with Crippen LogP contribution in [-0.2, 0) is 0 Å². The van der Waals surface area contributed by atoms with Crippen molar-refractivity contribution in [2.75, 3.05) is 0 Å². The molecule has 172 valence electrons. The standard InChI is InChI=1S/C29H39NO2/c1-2-3-4-5-6-7-8-9-10-11-18-23-28(31)26-21-16-13-17-22-27(30-24-26)29(32)25-19-14-12-15-20-25/h12-17,19-22,24,30H,2-11,18,23H2,1H3. The van der Waals surface area contributed by atoms with E-state index in [2.05, 4.69) is 11.9 Å². The van der Waals surface area contributed by atoms with Gasteiger partial charge in [-0.3, -0.25) is 9.59 Å². The van der Waals surface area contributed by atoms with E-state index in [1.165, 1.54) is 57.8 Å². The molecule has 0 aliphatic carbocycles. The molecule has 1 aromatic heterocycles. The average Bonchev–Trinajstić information content (AvgIpc) is 2.95. The summed E-state index contributed by atoms with van der Waals surface area (Å²) >= 11 is 0. The Hall–Kier alpha value is -2.68. The maximum absolute atomic E-state index is 12.7. The Morgan fingerprint density at radius 1 is 0.625 bits per heavy atom. The van der Waals surface area contributed by atoms with E-state index in [0.29, 0.717) is 23.2 Å². The van der Waals surface area contributed by atoms with E-state index in [0.717, 1.165) is 12.8 Å². The molecule has 0 aliphatic heterocycles. The van der Waals surface area contributed by atoms with Gasteiger partial charge < -0.3 is 4.98 Å². The number of aromatic nitrogens is 1. The number of ketones is 2. The number of unbranched alkanes of at least 4 members (excludes halogenated alkanes) is 10. The van der Waals surface area contributed by atoms with Crippen LogP contribution in [0.5, 0.6) is 0 Å². The first-order valence-corrected chi connectivity index (χ1v) is 12.4. The predicted octanol–water partition coefficient (Wildman–Crippen LogP) is 8.25. The molecule has 0 saturated heterocycles. The second kappa shape index (κ2) is 16.0. The number of carbonyl (C=O) groups excluding carboxylic acids is 2. The number of benzene rings is 1. The van der Waals surface area contributed by atoms with Gasteiger partial charge in [0.2, 0.25) is 5.78 Å². The number of hydrogen-bond donors (Lipinski definition) is 1. The lowest BCUT2D eigenvalue weighted by Crippen LogP contribution is -2.03. The highest BCUT2D eigenvalue weighted by Crippen LogP contribution is 2.13. The summed E-state index contributed by atoms with van der Waals surface area (Å²) in [4.78, 5) is 28.5. The van der Waals surface area contributed by atoms with Gasteiger partial charge in [0, 0.05) is 23.7 Å². The first kappa shape index (κ1) is 25.6. The molecule has 1 aromatic carbocycles. The van der Waals surface area contributed by atoms with Crippen LogP contribution in [0.1, 0.15) is 110 Å². The van der Waals surface area contributed by atoms with E-state index in [-0.39, 0.29) is 11.6 Å². The van der Waals surface area contributed by atoms with E-state index < -0.39 is 0 Å². The van der Waals surface area contributed by atoms with Crippen LogP contribution in [0, 0.1) is 0 Å². The Labute approximate surface area is 194 Å². The minimum absolute atomic E-state index is 0.0921. The zero-order chi connectivity index (χ0) is 22.9. The molecule has 32 heavy (non-hydrogen) atoms. The minimum atomic E-state index is -0.0921. The van der Waals surface area contributed by atoms with Crippen LogP contribution < -0.4 is 0 Å². The normalized spacial score (nSPS) is 10.5. The highest BCUT2D eigenvalue weighted by atomic mass is 16.1. The molecule has 0 atom stereocenters. The zero-order valence-electron chi connectivity index (χ0n) is 19.7. The van der Waals surface area contributed by atoms with Crippen LogP contribution in [0.25, 0.3) is 0 Å². The molecule has 2 aromatic rings. The molecular weight excluding hydrogens is 394 g/mol. The lowest BCUT2D eigenvalue weighted by molar-refractivity contribution is 0.0976. The van der Waals surface area contributed by atoms with Gasteiger partial charge in [-0.2, -0.15) is 0 Å². The number of Topliss-reactive ketones (excluding diaryl/α,β-unsaturated/α-hetero) is 1. The van der Waals surface area contributed by atoms with Gasteiger partial charge in [0.15, 0.2) is 5.78 Å². The molecule has 3 heteroatoms. The third-order valence-corrected chi connectivity index (χ3v) is 5.75. The van der Waals surface area contributed by atoms with Crippen LogP contribution in [0.15, 0.2) is 66.9 Å². The van der Waals surface area contributed by atoms with E-state index in [1.807, 2.05) is 42.5 Å². The number of hydrogen-bond acceptors (Lipinski definition) is 2. The van der Waals surface area contributed by atoms with Gasteiger partial charge in [0.1, 0.15) is 0 Å². The third-order valence-electron chi connectivity index (χ3n) is 5.75. The van der Waals surface area contributed by atoms with Crippen molar-refractivity contribution in [2.24, 2.45) is 0 Å². The van der Waals surface area contributed by atoms with Gasteiger partial charge in [0.25, 0.3) is 0 Å². The van der Waals surface area contributed by atoms with Crippen molar-refractivity contribution >= 4 is 11.6 Å². The molecule has 2 rings (SSSR count). The first-order chi connectivity index (χ1) is 15.7. The molecule has 0 bridgehead atoms. The molecule has 1 N–H and O–H groups in total. The molecule has 0 saturated carbocycles. The molecule has 0 fully saturated rings. The summed E-state index contributed by atoms with van der Waals surface area (Å²) in [7, 11) is 0. The maximum Gasteiger partial charge on any atom is 0.209 e. The Bertz CT molecular complexity index is 852. The van der Waals surface area contributed by atoms with Crippen molar-refractivity contribution in [2.45, 2.75) is 84.0 Å². The topological polar surface area (TPSA) is 49.9 Å². The van der Waals surface area contributed by atoms with Crippen molar-refractivity contribution in [3.05, 3.63) is 83.7 Å². The summed E-state index contributed by atoms with van der Waals surface area (Å²) in [6.45, 7) is 2.25. The fourth-order valence-corrected chi connectivity index (χ4v) is 3.78. The van der Waals surface area contributed by atoms with Gasteiger partial charge >= 0.3 is 0 Å². The Morgan fingerprint density at radius 2 is 1.12 bits per heavy atom. The Balaban J connectivity index is 1.79. The van der Waals surface area contributed by atoms with Crippen LogP contribution in [0.2, 0.25) is 0 Å². The molecule has 3 nitrogen and oxygen atoms in total. The fourth-order valence-electron chi connectivity index (χ4n) is 3.78. The lowest BCUT2D eigenvalue weighted by atomic mass is 10.0. The number of carbonyl (C=O) groups is 2. The molecule has 0 amide bonds. The second-order valence-corrected chi connectivity index (χ2v) is 8.47. The van der Waals surface area contributed by atoms with E-state index in [4.69, 9.17) is 0 Å². The van der Waals surface area contributed by atoms with E-state index >= 15 is 0 Å². The summed E-state index contributed by atoms with van der Waals surface area (Å²) in [5.41, 5.74) is 1.68. The number of aromatic amines is 1. The highest BCUT2D eigenvalue weighted by Gasteiger charge is 2.08. The smallest absolute Gasteiger partial charge is 0.209 e. The summed E-state index contributed by atoms with van der Waals surface area (Å²) in [6, 6.07) is 18.2. The van der Waals surface area contributed by atoms with Gasteiger partial charge in [-0.15, -0.1) is 0 Å². The molecule has 1 heterocycles. The summed E-state index contributed by atoms with van der Waals surface area (Å²) in [5, 5.41) is 0. The van der Waals surface area contributed by atoms with E-state index in [9.17, 15) is 9.59 Å². The van der Waals surface area contributed by atoms with Crippen LogP contribution >= 0.6 is 0 Å². The quantitative estimate of drug-likeness (QED) is 0.227. The van der Waals surface area contributed by atoms with Gasteiger partial charge in [-0.25, -0.2) is 0 Å². The molecule has 0 radical (unpaired) electrons. The number of H-pyrrole nitrogens is 1. The second-order valence-electron chi connectivity index (χ2n) is 8.47. The predicted molar refractivity (Wildman–Crippen MR) is 134 cm³/mol. The van der Waals surface area contributed by atoms with Gasteiger partial charge in [-0.1, -0.05) is 120 Å². The zero-order valence-corrected chi connectivity index (χ0v) is 19.7. The van der Waals surface area contributed by atoms with Gasteiger partial charge in [-0.05, 0) is 18.6 Å². The molecule has 0 unspecified atom stereocenters. The van der Waals surface area contributed by atoms with Crippen LogP contribution in [0.3, 0.4) is 0 Å². The molecule has 0 aliphatic rings. The van der Waals surface area contributed by atoms with Crippen molar-refractivity contribution in [3.63, 3.8) is 0 Å². The minimum Gasteiger partial charge on any atom is -0.358 e. The highest BCUT2D eigenvalue weighted by molar-refractivity contribution is 6.07. The largest absolute Gasteiger partial charge is 0.358 e. The Morgan fingerprint density at radius 3 is 1.72 bits per heavy atom. The van der Waals surface area contributed by atoms with E-state index in [1.54, 1.807) is 24.4 Å². The fraction of sp³-hybridized carbons (Fsp3) is 0.448. The monoisotopic (exact) mass is 433 g/mol. The molecule has 0 spiro atoms. The van der Waals surface area contributed by atoms with Crippen molar-refractivity contribution in [1.82, 2.24) is 4.98 Å². The van der Waals surface area contributed by atoms with Crippen LogP contribution in [0.4, 0.5) is 0 Å². The van der Waals surface area contributed by atoms with Gasteiger partial charge in [0.05, 0.1) is 5.69 Å². The Kier molecular flexibility index (Phi) is 12.8. The summed E-state index contributed by atoms with van der Waals surface area (Å²) < 4.78 is 0. The van der Waals surface area contributed by atoms with Crippen LogP contribution in [-0.4, -0.2) is 16.6 Å².